The van der Waals surface area contributed by atoms with Gasteiger partial charge in [0.25, 0.3) is 0 Å². The summed E-state index contributed by atoms with van der Waals surface area (Å²) >= 11 is 0. The topological polar surface area (TPSA) is 17.8 Å². The van der Waals surface area contributed by atoms with Gasteiger partial charge >= 0.3 is 0 Å². The van der Waals surface area contributed by atoms with E-state index < -0.39 is 0 Å². The molecule has 1 aromatic heterocycles. The monoisotopic (exact) mass is 280 g/mol. The van der Waals surface area contributed by atoms with Crippen molar-refractivity contribution in [2.45, 2.75) is 51.5 Å². The Morgan fingerprint density at radius 3 is 2.86 bits per heavy atom. The van der Waals surface area contributed by atoms with Crippen molar-refractivity contribution in [2.75, 3.05) is 0 Å². The smallest absolute Gasteiger partial charge is 0.0956 e. The van der Waals surface area contributed by atoms with E-state index in [0.717, 1.165) is 11.8 Å². The number of hydrogen-bond donors (Lipinski definition) is 0. The average molecular weight is 280 g/mol. The van der Waals surface area contributed by atoms with Gasteiger partial charge in [-0.2, -0.15) is 0 Å². The fourth-order valence-corrected chi connectivity index (χ4v) is 4.42. The summed E-state index contributed by atoms with van der Waals surface area (Å²) in [6.07, 6.45) is 12.5. The quantitative estimate of drug-likeness (QED) is 0.768. The minimum Gasteiger partial charge on any atom is -0.323 e. The first-order valence-electron chi connectivity index (χ1n) is 8.45. The van der Waals surface area contributed by atoms with E-state index in [0.29, 0.717) is 6.04 Å². The van der Waals surface area contributed by atoms with E-state index in [-0.39, 0.29) is 0 Å². The largest absolute Gasteiger partial charge is 0.323 e. The molecule has 2 heterocycles. The van der Waals surface area contributed by atoms with Crippen LogP contribution in [0.25, 0.3) is 11.3 Å². The van der Waals surface area contributed by atoms with Gasteiger partial charge in [-0.1, -0.05) is 63.3 Å². The van der Waals surface area contributed by atoms with Crippen molar-refractivity contribution in [2.24, 2.45) is 11.8 Å². The van der Waals surface area contributed by atoms with Crippen LogP contribution in [0.4, 0.5) is 0 Å². The van der Waals surface area contributed by atoms with Gasteiger partial charge in [0.05, 0.1) is 24.3 Å². The van der Waals surface area contributed by atoms with Gasteiger partial charge in [-0.05, 0) is 23.8 Å². The molecule has 0 saturated heterocycles. The molecule has 2 heteroatoms. The Bertz CT molecular complexity index is 622. The van der Waals surface area contributed by atoms with E-state index in [9.17, 15) is 0 Å². The molecule has 0 radical (unpaired) electrons. The minimum absolute atomic E-state index is 0.496. The molecule has 21 heavy (non-hydrogen) atoms. The normalized spacial score (nSPS) is 22.8. The van der Waals surface area contributed by atoms with Crippen molar-refractivity contribution >= 4 is 0 Å². The van der Waals surface area contributed by atoms with Crippen LogP contribution in [-0.4, -0.2) is 9.55 Å². The second-order valence-electron chi connectivity index (χ2n) is 6.90. The lowest BCUT2D eigenvalue weighted by atomic mass is 9.77. The molecule has 2 atom stereocenters. The average Bonchev–Trinajstić information content (AvgIpc) is 3.11. The van der Waals surface area contributed by atoms with Crippen LogP contribution in [0, 0.1) is 11.8 Å². The van der Waals surface area contributed by atoms with Crippen molar-refractivity contribution in [1.29, 1.82) is 0 Å². The maximum absolute atomic E-state index is 4.38. The first-order chi connectivity index (χ1) is 10.3. The Labute approximate surface area is 127 Å². The molecule has 4 rings (SSSR count). The number of fused-ring (bicyclic) bond motifs is 3. The lowest BCUT2D eigenvalue weighted by Crippen LogP contribution is -2.19. The SMILES string of the molecule is CC(CC1c2ccccc2-c2cncn21)C1CCCCC1. The molecule has 0 amide bonds. The van der Waals surface area contributed by atoms with Crippen LogP contribution in [-0.2, 0) is 0 Å². The molecule has 0 N–H and O–H groups in total. The van der Waals surface area contributed by atoms with Crippen LogP contribution < -0.4 is 0 Å². The van der Waals surface area contributed by atoms with Gasteiger partial charge in [0.15, 0.2) is 0 Å². The van der Waals surface area contributed by atoms with Crippen molar-refractivity contribution < 1.29 is 0 Å². The van der Waals surface area contributed by atoms with E-state index in [1.165, 1.54) is 55.3 Å². The molecule has 1 aliphatic heterocycles. The van der Waals surface area contributed by atoms with E-state index >= 15 is 0 Å². The Kier molecular flexibility index (Phi) is 3.33. The minimum atomic E-state index is 0.496. The Morgan fingerprint density at radius 1 is 1.19 bits per heavy atom. The highest BCUT2D eigenvalue weighted by Crippen LogP contribution is 2.44. The first kappa shape index (κ1) is 13.1. The zero-order chi connectivity index (χ0) is 14.2. The summed E-state index contributed by atoms with van der Waals surface area (Å²) in [7, 11) is 0. The third kappa shape index (κ3) is 2.21. The van der Waals surface area contributed by atoms with Gasteiger partial charge < -0.3 is 4.57 Å². The summed E-state index contributed by atoms with van der Waals surface area (Å²) in [6, 6.07) is 9.37. The van der Waals surface area contributed by atoms with Gasteiger partial charge in [-0.25, -0.2) is 4.98 Å². The summed E-state index contributed by atoms with van der Waals surface area (Å²) in [4.78, 5) is 4.38. The van der Waals surface area contributed by atoms with Crippen molar-refractivity contribution in [1.82, 2.24) is 9.55 Å². The summed E-state index contributed by atoms with van der Waals surface area (Å²) in [5.41, 5.74) is 4.18. The number of rotatable bonds is 3. The number of nitrogens with zero attached hydrogens (tertiary/aromatic N) is 2. The highest BCUT2D eigenvalue weighted by Gasteiger charge is 2.31. The maximum atomic E-state index is 4.38. The number of benzene rings is 1. The predicted octanol–water partition coefficient (Wildman–Crippen LogP) is 5.06. The molecule has 2 aliphatic rings. The van der Waals surface area contributed by atoms with Gasteiger partial charge in [0.2, 0.25) is 0 Å². The third-order valence-electron chi connectivity index (χ3n) is 5.65. The highest BCUT2D eigenvalue weighted by molar-refractivity contribution is 5.68. The third-order valence-corrected chi connectivity index (χ3v) is 5.65. The molecule has 1 saturated carbocycles. The van der Waals surface area contributed by atoms with E-state index in [4.69, 9.17) is 0 Å². The number of hydrogen-bond acceptors (Lipinski definition) is 1. The van der Waals surface area contributed by atoms with Crippen LogP contribution in [0.5, 0.6) is 0 Å². The fraction of sp³-hybridized carbons (Fsp3) is 0.526. The summed E-state index contributed by atoms with van der Waals surface area (Å²) in [5, 5.41) is 0. The Hall–Kier alpha value is -1.57. The molecular formula is C19H24N2. The van der Waals surface area contributed by atoms with Gasteiger partial charge in [0, 0.05) is 5.56 Å². The zero-order valence-electron chi connectivity index (χ0n) is 12.8. The van der Waals surface area contributed by atoms with Crippen LogP contribution in [0.3, 0.4) is 0 Å². The number of imidazole rings is 1. The molecular weight excluding hydrogens is 256 g/mol. The van der Waals surface area contributed by atoms with Crippen LogP contribution in [0.2, 0.25) is 0 Å². The molecule has 2 nitrogen and oxygen atoms in total. The molecule has 0 bridgehead atoms. The molecule has 2 unspecified atom stereocenters. The van der Waals surface area contributed by atoms with Crippen molar-refractivity contribution in [3.63, 3.8) is 0 Å². The summed E-state index contributed by atoms with van der Waals surface area (Å²) in [5.74, 6) is 1.73. The predicted molar refractivity (Wildman–Crippen MR) is 86.2 cm³/mol. The van der Waals surface area contributed by atoms with Gasteiger partial charge in [0.1, 0.15) is 0 Å². The molecule has 110 valence electrons. The van der Waals surface area contributed by atoms with Crippen molar-refractivity contribution in [3.05, 3.63) is 42.4 Å². The zero-order valence-corrected chi connectivity index (χ0v) is 12.8. The molecule has 1 aromatic carbocycles. The van der Waals surface area contributed by atoms with Gasteiger partial charge in [-0.3, -0.25) is 0 Å². The summed E-state index contributed by atoms with van der Waals surface area (Å²) < 4.78 is 2.39. The van der Waals surface area contributed by atoms with E-state index in [1.807, 2.05) is 12.5 Å². The molecule has 1 aliphatic carbocycles. The fourth-order valence-electron chi connectivity index (χ4n) is 4.42. The lowest BCUT2D eigenvalue weighted by molar-refractivity contribution is 0.236. The Balaban J connectivity index is 1.60. The van der Waals surface area contributed by atoms with Gasteiger partial charge in [-0.15, -0.1) is 0 Å². The standard InChI is InChI=1S/C19H24N2/c1-14(15-7-3-2-4-8-15)11-18-16-9-5-6-10-17(16)19-12-20-13-21(18)19/h5-6,9-10,12-15,18H,2-4,7-8,11H2,1H3. The Morgan fingerprint density at radius 2 is 2.00 bits per heavy atom. The molecule has 1 fully saturated rings. The van der Waals surface area contributed by atoms with E-state index in [1.54, 1.807) is 0 Å². The highest BCUT2D eigenvalue weighted by atomic mass is 15.1. The lowest BCUT2D eigenvalue weighted by Gasteiger charge is -2.30. The van der Waals surface area contributed by atoms with Crippen LogP contribution >= 0.6 is 0 Å². The second-order valence-corrected chi connectivity index (χ2v) is 6.90. The first-order valence-corrected chi connectivity index (χ1v) is 8.45. The molecule has 2 aromatic rings. The van der Waals surface area contributed by atoms with Crippen molar-refractivity contribution in [3.8, 4) is 11.3 Å². The molecule has 0 spiro atoms. The maximum Gasteiger partial charge on any atom is 0.0956 e. The van der Waals surface area contributed by atoms with Crippen LogP contribution in [0.1, 0.15) is 57.1 Å². The van der Waals surface area contributed by atoms with Crippen LogP contribution in [0.15, 0.2) is 36.8 Å². The van der Waals surface area contributed by atoms with E-state index in [2.05, 4.69) is 40.7 Å². The number of aromatic nitrogens is 2. The second kappa shape index (κ2) is 5.32. The summed E-state index contributed by atoms with van der Waals surface area (Å²) in [6.45, 7) is 2.47.